The summed E-state index contributed by atoms with van der Waals surface area (Å²) >= 11 is 0. The van der Waals surface area contributed by atoms with Crippen molar-refractivity contribution in [3.63, 3.8) is 0 Å². The molecule has 7 nitrogen and oxygen atoms in total. The van der Waals surface area contributed by atoms with E-state index in [9.17, 15) is 4.79 Å². The molecule has 0 aliphatic carbocycles. The first-order chi connectivity index (χ1) is 11.6. The number of fused-ring (bicyclic) bond motifs is 1. The highest BCUT2D eigenvalue weighted by molar-refractivity contribution is 5.90. The van der Waals surface area contributed by atoms with Gasteiger partial charge in [0.05, 0.1) is 5.69 Å². The van der Waals surface area contributed by atoms with Gasteiger partial charge in [-0.3, -0.25) is 14.4 Å². The molecule has 0 spiro atoms. The quantitative estimate of drug-likeness (QED) is 0.299. The Labute approximate surface area is 141 Å². The molecule has 3 N–H and O–H groups in total. The summed E-state index contributed by atoms with van der Waals surface area (Å²) in [5.41, 5.74) is 4.25. The van der Waals surface area contributed by atoms with Gasteiger partial charge in [-0.25, -0.2) is 10.5 Å². The SMILES string of the molecule is COCCCNc1c(C(C)C)nc2ccc(/C=C/C(=O)NO)cn12. The molecule has 0 radical (unpaired) electrons. The lowest BCUT2D eigenvalue weighted by atomic mass is 10.1. The molecule has 0 unspecified atom stereocenters. The zero-order valence-corrected chi connectivity index (χ0v) is 14.2. The fraction of sp³-hybridized carbons (Fsp3) is 0.412. The molecule has 24 heavy (non-hydrogen) atoms. The number of hydroxylamine groups is 1. The van der Waals surface area contributed by atoms with E-state index in [0.717, 1.165) is 35.7 Å². The van der Waals surface area contributed by atoms with Gasteiger partial charge in [-0.05, 0) is 36.1 Å². The summed E-state index contributed by atoms with van der Waals surface area (Å²) < 4.78 is 7.07. The summed E-state index contributed by atoms with van der Waals surface area (Å²) in [6.45, 7) is 5.70. The van der Waals surface area contributed by atoms with E-state index >= 15 is 0 Å². The lowest BCUT2D eigenvalue weighted by Gasteiger charge is -2.10. The Morgan fingerprint density at radius 2 is 2.25 bits per heavy atom. The normalized spacial score (nSPS) is 11.5. The average Bonchev–Trinajstić information content (AvgIpc) is 2.94. The summed E-state index contributed by atoms with van der Waals surface area (Å²) in [7, 11) is 1.69. The summed E-state index contributed by atoms with van der Waals surface area (Å²) in [5.74, 6) is 0.674. The van der Waals surface area contributed by atoms with Crippen LogP contribution in [-0.2, 0) is 9.53 Å². The van der Waals surface area contributed by atoms with Crippen molar-refractivity contribution >= 4 is 23.4 Å². The van der Waals surface area contributed by atoms with E-state index in [-0.39, 0.29) is 5.92 Å². The smallest absolute Gasteiger partial charge is 0.267 e. The van der Waals surface area contributed by atoms with Crippen LogP contribution in [0.5, 0.6) is 0 Å². The van der Waals surface area contributed by atoms with Gasteiger partial charge in [0.2, 0.25) is 0 Å². The monoisotopic (exact) mass is 332 g/mol. The van der Waals surface area contributed by atoms with Gasteiger partial charge < -0.3 is 10.1 Å². The first-order valence-electron chi connectivity index (χ1n) is 7.93. The first-order valence-corrected chi connectivity index (χ1v) is 7.93. The number of methoxy groups -OCH3 is 1. The minimum absolute atomic E-state index is 0.286. The van der Waals surface area contributed by atoms with E-state index in [1.807, 2.05) is 22.7 Å². The maximum atomic E-state index is 11.1. The third-order valence-corrected chi connectivity index (χ3v) is 3.57. The Balaban J connectivity index is 2.33. The molecule has 0 saturated heterocycles. The van der Waals surface area contributed by atoms with Gasteiger partial charge in [0.25, 0.3) is 5.91 Å². The Kier molecular flexibility index (Phi) is 6.34. The number of anilines is 1. The predicted molar refractivity (Wildman–Crippen MR) is 93.2 cm³/mol. The number of hydrogen-bond donors (Lipinski definition) is 3. The number of imidazole rings is 1. The molecule has 0 atom stereocenters. The van der Waals surface area contributed by atoms with Crippen molar-refractivity contribution in [1.29, 1.82) is 0 Å². The van der Waals surface area contributed by atoms with Gasteiger partial charge in [-0.1, -0.05) is 13.8 Å². The Hall–Kier alpha value is -2.38. The van der Waals surface area contributed by atoms with Crippen LogP contribution in [0, 0.1) is 0 Å². The van der Waals surface area contributed by atoms with Crippen LogP contribution in [-0.4, -0.2) is 40.8 Å². The van der Waals surface area contributed by atoms with Crippen LogP contribution in [0.25, 0.3) is 11.7 Å². The molecule has 2 aromatic heterocycles. The van der Waals surface area contributed by atoms with Crippen LogP contribution in [0.3, 0.4) is 0 Å². The third-order valence-electron chi connectivity index (χ3n) is 3.57. The summed E-state index contributed by atoms with van der Waals surface area (Å²) in [6.07, 6.45) is 5.72. The van der Waals surface area contributed by atoms with Crippen molar-refractivity contribution in [1.82, 2.24) is 14.9 Å². The number of pyridine rings is 1. The zero-order valence-electron chi connectivity index (χ0n) is 14.2. The number of rotatable bonds is 8. The van der Waals surface area contributed by atoms with Crippen molar-refractivity contribution in [2.75, 3.05) is 25.6 Å². The van der Waals surface area contributed by atoms with Gasteiger partial charge in [-0.15, -0.1) is 0 Å². The molecule has 0 aliphatic rings. The highest BCUT2D eigenvalue weighted by atomic mass is 16.5. The molecule has 0 bridgehead atoms. The van der Waals surface area contributed by atoms with Crippen LogP contribution in [0.15, 0.2) is 24.4 Å². The van der Waals surface area contributed by atoms with Gasteiger partial charge >= 0.3 is 0 Å². The summed E-state index contributed by atoms with van der Waals surface area (Å²) in [4.78, 5) is 15.8. The van der Waals surface area contributed by atoms with Gasteiger partial charge in [0.1, 0.15) is 11.5 Å². The molecule has 7 heteroatoms. The second-order valence-electron chi connectivity index (χ2n) is 5.77. The molecule has 0 aliphatic heterocycles. The van der Waals surface area contributed by atoms with Crippen LogP contribution < -0.4 is 10.8 Å². The maximum absolute atomic E-state index is 11.1. The van der Waals surface area contributed by atoms with Crippen LogP contribution >= 0.6 is 0 Å². The van der Waals surface area contributed by atoms with E-state index in [1.54, 1.807) is 18.7 Å². The number of nitrogens with one attached hydrogen (secondary N) is 2. The molecular weight excluding hydrogens is 308 g/mol. The second-order valence-corrected chi connectivity index (χ2v) is 5.77. The van der Waals surface area contributed by atoms with E-state index in [4.69, 9.17) is 9.94 Å². The summed E-state index contributed by atoms with van der Waals surface area (Å²) in [6, 6.07) is 3.78. The van der Waals surface area contributed by atoms with E-state index < -0.39 is 5.91 Å². The maximum Gasteiger partial charge on any atom is 0.267 e. The lowest BCUT2D eigenvalue weighted by Crippen LogP contribution is -2.14. The number of aromatic nitrogens is 2. The van der Waals surface area contributed by atoms with E-state index in [1.165, 1.54) is 6.08 Å². The molecular formula is C17H24N4O3. The Morgan fingerprint density at radius 3 is 2.92 bits per heavy atom. The number of carbonyl (C=O) groups is 1. The largest absolute Gasteiger partial charge is 0.385 e. The van der Waals surface area contributed by atoms with Crippen molar-refractivity contribution in [2.45, 2.75) is 26.2 Å². The van der Waals surface area contributed by atoms with Gasteiger partial charge in [-0.2, -0.15) is 0 Å². The fourth-order valence-corrected chi connectivity index (χ4v) is 2.39. The lowest BCUT2D eigenvalue weighted by molar-refractivity contribution is -0.124. The molecule has 2 heterocycles. The standard InChI is InChI=1S/C17H24N4O3/c1-12(2)16-17(18-9-4-10-24-3)21-11-13(5-7-14(21)19-16)6-8-15(22)20-23/h5-8,11-12,18,23H,4,9-10H2,1-3H3,(H,20,22)/b8-6+. The van der Waals surface area contributed by atoms with E-state index in [0.29, 0.717) is 6.61 Å². The predicted octanol–water partition coefficient (Wildman–Crippen LogP) is 2.42. The molecule has 2 aromatic rings. The Bertz CT molecular complexity index is 722. The van der Waals surface area contributed by atoms with Crippen molar-refractivity contribution in [3.05, 3.63) is 35.7 Å². The molecule has 2 rings (SSSR count). The second kappa shape index (κ2) is 8.47. The third kappa shape index (κ3) is 4.33. The first kappa shape index (κ1) is 18.0. The van der Waals surface area contributed by atoms with Crippen molar-refractivity contribution < 1.29 is 14.7 Å². The molecule has 0 aromatic carbocycles. The molecule has 0 fully saturated rings. The van der Waals surface area contributed by atoms with E-state index in [2.05, 4.69) is 24.1 Å². The fourth-order valence-electron chi connectivity index (χ4n) is 2.39. The molecule has 1 amide bonds. The average molecular weight is 332 g/mol. The minimum atomic E-state index is -0.568. The highest BCUT2D eigenvalue weighted by Gasteiger charge is 2.14. The topological polar surface area (TPSA) is 87.9 Å². The van der Waals surface area contributed by atoms with Crippen LogP contribution in [0.4, 0.5) is 5.82 Å². The van der Waals surface area contributed by atoms with Crippen molar-refractivity contribution in [3.8, 4) is 0 Å². The van der Waals surface area contributed by atoms with Gasteiger partial charge in [0.15, 0.2) is 0 Å². The highest BCUT2D eigenvalue weighted by Crippen LogP contribution is 2.26. The number of ether oxygens (including phenoxy) is 1. The number of nitrogens with zero attached hydrogens (tertiary/aromatic N) is 2. The molecule has 130 valence electrons. The summed E-state index contributed by atoms with van der Waals surface area (Å²) in [5, 5.41) is 12.0. The van der Waals surface area contributed by atoms with Crippen molar-refractivity contribution in [2.24, 2.45) is 0 Å². The zero-order chi connectivity index (χ0) is 17.5. The van der Waals surface area contributed by atoms with Gasteiger partial charge in [0, 0.05) is 32.5 Å². The van der Waals surface area contributed by atoms with Crippen LogP contribution in [0.2, 0.25) is 0 Å². The number of carbonyl (C=O) groups excluding carboxylic acids is 1. The number of amides is 1. The molecule has 0 saturated carbocycles. The number of hydrogen-bond acceptors (Lipinski definition) is 5. The Morgan fingerprint density at radius 1 is 1.46 bits per heavy atom. The minimum Gasteiger partial charge on any atom is -0.385 e. The van der Waals surface area contributed by atoms with Crippen LogP contribution in [0.1, 0.15) is 37.4 Å².